The molecule has 0 saturated heterocycles. The van der Waals surface area contributed by atoms with Gasteiger partial charge in [-0.1, -0.05) is 29.3 Å². The van der Waals surface area contributed by atoms with E-state index in [1.54, 1.807) is 6.92 Å². The van der Waals surface area contributed by atoms with Gasteiger partial charge in [0.1, 0.15) is 0 Å². The molecular weight excluding hydrogens is 472 g/mol. The van der Waals surface area contributed by atoms with Crippen LogP contribution in [0.2, 0.25) is 5.02 Å². The number of carbonyl (C=O) groups excluding carboxylic acids is 3. The second kappa shape index (κ2) is 11.5. The van der Waals surface area contributed by atoms with Crippen molar-refractivity contribution in [1.29, 1.82) is 0 Å². The standard InChI is InChI=1S/C25H33ClN4O5/c1-13-9-14(2)19(15(3)10-13)30-24(33)28-18-11-17(26)12-27-21(18)22(31)29-20(23(32)34-8)16(4)35-25(5,6)7/h9-12,16,20H,1-8H3,(H,29,31)(H2,28,30,33)/t16-,20+/m1/s1. The van der Waals surface area contributed by atoms with Crippen LogP contribution in [0.3, 0.4) is 0 Å². The summed E-state index contributed by atoms with van der Waals surface area (Å²) < 4.78 is 10.7. The predicted molar refractivity (Wildman–Crippen MR) is 136 cm³/mol. The Morgan fingerprint density at radius 1 is 1.03 bits per heavy atom. The van der Waals surface area contributed by atoms with Gasteiger partial charge >= 0.3 is 12.0 Å². The molecule has 0 bridgehead atoms. The second-order valence-corrected chi connectivity index (χ2v) is 9.75. The zero-order valence-electron chi connectivity index (χ0n) is 21.3. The third-order valence-corrected chi connectivity index (χ3v) is 5.19. The van der Waals surface area contributed by atoms with Crippen LogP contribution in [0.15, 0.2) is 24.4 Å². The van der Waals surface area contributed by atoms with Gasteiger partial charge in [-0.05, 0) is 65.7 Å². The van der Waals surface area contributed by atoms with Crippen LogP contribution < -0.4 is 16.0 Å². The number of aromatic nitrogens is 1. The lowest BCUT2D eigenvalue weighted by atomic mass is 10.1. The summed E-state index contributed by atoms with van der Waals surface area (Å²) in [6, 6.07) is 3.63. The molecule has 0 aliphatic carbocycles. The Morgan fingerprint density at radius 3 is 2.17 bits per heavy atom. The van der Waals surface area contributed by atoms with Crippen LogP contribution in [0.25, 0.3) is 0 Å². The summed E-state index contributed by atoms with van der Waals surface area (Å²) in [4.78, 5) is 42.3. The summed E-state index contributed by atoms with van der Waals surface area (Å²) in [6.45, 7) is 12.9. The number of benzene rings is 1. The van der Waals surface area contributed by atoms with Crippen LogP contribution in [-0.2, 0) is 14.3 Å². The van der Waals surface area contributed by atoms with E-state index in [1.165, 1.54) is 19.4 Å². The highest BCUT2D eigenvalue weighted by molar-refractivity contribution is 6.31. The molecule has 0 aliphatic heterocycles. The van der Waals surface area contributed by atoms with Crippen molar-refractivity contribution in [2.24, 2.45) is 0 Å². The molecule has 2 atom stereocenters. The quantitative estimate of drug-likeness (QED) is 0.467. The molecule has 35 heavy (non-hydrogen) atoms. The Hall–Kier alpha value is -3.17. The number of methoxy groups -OCH3 is 1. The van der Waals surface area contributed by atoms with Crippen molar-refractivity contribution in [3.63, 3.8) is 0 Å². The Kier molecular flexibility index (Phi) is 9.23. The molecular formula is C25H33ClN4O5. The molecule has 0 aliphatic rings. The summed E-state index contributed by atoms with van der Waals surface area (Å²) >= 11 is 6.07. The van der Waals surface area contributed by atoms with Crippen molar-refractivity contribution in [3.05, 3.63) is 51.8 Å². The molecule has 10 heteroatoms. The maximum absolute atomic E-state index is 13.1. The van der Waals surface area contributed by atoms with E-state index in [0.29, 0.717) is 5.69 Å². The molecule has 190 valence electrons. The molecule has 0 fully saturated rings. The molecule has 0 spiro atoms. The van der Waals surface area contributed by atoms with Gasteiger partial charge < -0.3 is 25.4 Å². The predicted octanol–water partition coefficient (Wildman–Crippen LogP) is 4.78. The molecule has 0 unspecified atom stereocenters. The van der Waals surface area contributed by atoms with Crippen molar-refractivity contribution in [2.45, 2.75) is 66.2 Å². The van der Waals surface area contributed by atoms with E-state index in [1.807, 2.05) is 53.7 Å². The van der Waals surface area contributed by atoms with Crippen molar-refractivity contribution in [2.75, 3.05) is 17.7 Å². The number of pyridine rings is 1. The number of amides is 3. The maximum atomic E-state index is 13.1. The number of nitrogens with zero attached hydrogens (tertiary/aromatic N) is 1. The zero-order chi connectivity index (χ0) is 26.5. The SMILES string of the molecule is COC(=O)[C@@H](NC(=O)c1ncc(Cl)cc1NC(=O)Nc1c(C)cc(C)cc1C)[C@@H](C)OC(C)(C)C. The zero-order valence-corrected chi connectivity index (χ0v) is 22.1. The number of carbonyl (C=O) groups is 3. The van der Waals surface area contributed by atoms with Gasteiger partial charge in [0, 0.05) is 11.9 Å². The van der Waals surface area contributed by atoms with E-state index in [9.17, 15) is 14.4 Å². The largest absolute Gasteiger partial charge is 0.467 e. The fourth-order valence-corrected chi connectivity index (χ4v) is 3.85. The first-order chi connectivity index (χ1) is 16.2. The first kappa shape index (κ1) is 28.1. The number of anilines is 2. The van der Waals surface area contributed by atoms with E-state index >= 15 is 0 Å². The lowest BCUT2D eigenvalue weighted by Crippen LogP contribution is -2.51. The van der Waals surface area contributed by atoms with Crippen LogP contribution in [0.1, 0.15) is 54.9 Å². The molecule has 2 rings (SSSR count). The van der Waals surface area contributed by atoms with Gasteiger partial charge in [0.05, 0.1) is 29.5 Å². The van der Waals surface area contributed by atoms with Gasteiger partial charge in [0.15, 0.2) is 11.7 Å². The maximum Gasteiger partial charge on any atom is 0.331 e. The smallest absolute Gasteiger partial charge is 0.331 e. The normalized spacial score (nSPS) is 12.9. The molecule has 1 heterocycles. The monoisotopic (exact) mass is 504 g/mol. The topological polar surface area (TPSA) is 119 Å². The first-order valence-corrected chi connectivity index (χ1v) is 11.5. The molecule has 3 N–H and O–H groups in total. The van der Waals surface area contributed by atoms with Crippen LogP contribution in [-0.4, -0.2) is 47.7 Å². The average Bonchev–Trinajstić information content (AvgIpc) is 2.72. The highest BCUT2D eigenvalue weighted by Gasteiger charge is 2.32. The molecule has 9 nitrogen and oxygen atoms in total. The van der Waals surface area contributed by atoms with E-state index in [0.717, 1.165) is 16.7 Å². The van der Waals surface area contributed by atoms with Gasteiger partial charge in [0.25, 0.3) is 5.91 Å². The molecule has 3 amide bonds. The summed E-state index contributed by atoms with van der Waals surface area (Å²) in [7, 11) is 1.22. The van der Waals surface area contributed by atoms with Gasteiger partial charge in [-0.25, -0.2) is 14.6 Å². The van der Waals surface area contributed by atoms with Crippen LogP contribution >= 0.6 is 11.6 Å². The number of rotatable bonds is 7. The lowest BCUT2D eigenvalue weighted by Gasteiger charge is -2.30. The van der Waals surface area contributed by atoms with Gasteiger partial charge in [-0.2, -0.15) is 0 Å². The van der Waals surface area contributed by atoms with Crippen molar-refractivity contribution in [3.8, 4) is 0 Å². The summed E-state index contributed by atoms with van der Waals surface area (Å²) in [5, 5.41) is 8.25. The third-order valence-electron chi connectivity index (χ3n) is 4.98. The fraction of sp³-hybridized carbons (Fsp3) is 0.440. The summed E-state index contributed by atoms with van der Waals surface area (Å²) in [5.41, 5.74) is 2.91. The van der Waals surface area contributed by atoms with Crippen molar-refractivity contribution in [1.82, 2.24) is 10.3 Å². The third kappa shape index (κ3) is 7.93. The average molecular weight is 505 g/mol. The summed E-state index contributed by atoms with van der Waals surface area (Å²) in [6.07, 6.45) is 0.571. The minimum Gasteiger partial charge on any atom is -0.467 e. The number of urea groups is 1. The number of esters is 1. The molecule has 1 aromatic heterocycles. The van der Waals surface area contributed by atoms with E-state index in [4.69, 9.17) is 21.1 Å². The van der Waals surface area contributed by atoms with E-state index in [2.05, 4.69) is 20.9 Å². The number of nitrogens with one attached hydrogen (secondary N) is 3. The number of ether oxygens (including phenoxy) is 2. The molecule has 0 saturated carbocycles. The number of hydrogen-bond donors (Lipinski definition) is 3. The Morgan fingerprint density at radius 2 is 1.63 bits per heavy atom. The van der Waals surface area contributed by atoms with Crippen molar-refractivity contribution >= 4 is 40.9 Å². The number of hydrogen-bond acceptors (Lipinski definition) is 6. The second-order valence-electron chi connectivity index (χ2n) is 9.31. The summed E-state index contributed by atoms with van der Waals surface area (Å²) in [5.74, 6) is -1.39. The van der Waals surface area contributed by atoms with Gasteiger partial charge in [-0.15, -0.1) is 0 Å². The van der Waals surface area contributed by atoms with Crippen LogP contribution in [0, 0.1) is 20.8 Å². The highest BCUT2D eigenvalue weighted by Crippen LogP contribution is 2.24. The van der Waals surface area contributed by atoms with Gasteiger partial charge in [0.2, 0.25) is 0 Å². The molecule has 2 aromatic rings. The highest BCUT2D eigenvalue weighted by atomic mass is 35.5. The number of aryl methyl sites for hydroxylation is 3. The van der Waals surface area contributed by atoms with Crippen LogP contribution in [0.4, 0.5) is 16.2 Å². The fourth-order valence-electron chi connectivity index (χ4n) is 3.69. The number of halogens is 1. The Balaban J connectivity index is 2.28. The molecule has 1 aromatic carbocycles. The van der Waals surface area contributed by atoms with Gasteiger partial charge in [-0.3, -0.25) is 4.79 Å². The minimum atomic E-state index is -1.11. The van der Waals surface area contributed by atoms with E-state index < -0.39 is 35.7 Å². The Bertz CT molecular complexity index is 1090. The van der Waals surface area contributed by atoms with E-state index in [-0.39, 0.29) is 16.4 Å². The lowest BCUT2D eigenvalue weighted by molar-refractivity contribution is -0.150. The molecule has 0 radical (unpaired) electrons. The first-order valence-electron chi connectivity index (χ1n) is 11.1. The Labute approximate surface area is 210 Å². The van der Waals surface area contributed by atoms with Crippen molar-refractivity contribution < 1.29 is 23.9 Å². The van der Waals surface area contributed by atoms with Crippen LogP contribution in [0.5, 0.6) is 0 Å². The minimum absolute atomic E-state index is 0.0722.